The van der Waals surface area contributed by atoms with Crippen molar-refractivity contribution in [3.63, 3.8) is 0 Å². The largest absolute Gasteiger partial charge is 0.332 e. The Bertz CT molecular complexity index is 870. The van der Waals surface area contributed by atoms with Crippen LogP contribution in [0.2, 0.25) is 0 Å². The lowest BCUT2D eigenvalue weighted by molar-refractivity contribution is -0.116. The predicted octanol–water partition coefficient (Wildman–Crippen LogP) is 1.15. The van der Waals surface area contributed by atoms with Gasteiger partial charge in [-0.2, -0.15) is 0 Å². The minimum absolute atomic E-state index is 0.219. The van der Waals surface area contributed by atoms with Crippen LogP contribution in [-0.4, -0.2) is 25.9 Å². The number of nitrogens with zero attached hydrogens (tertiary/aromatic N) is 3. The first kappa shape index (κ1) is 17.2. The minimum Gasteiger partial charge on any atom is -0.325 e. The number of alkyl halides is 1. The fraction of sp³-hybridized carbons (Fsp3) is 0.467. The number of anilines is 1. The van der Waals surface area contributed by atoms with Gasteiger partial charge in [-0.1, -0.05) is 6.92 Å². The van der Waals surface area contributed by atoms with Crippen LogP contribution in [0.25, 0.3) is 11.0 Å². The van der Waals surface area contributed by atoms with E-state index >= 15 is 0 Å². The first-order valence-corrected chi connectivity index (χ1v) is 7.89. The summed E-state index contributed by atoms with van der Waals surface area (Å²) in [6, 6.07) is 0. The molecule has 2 heterocycles. The Kier molecular flexibility index (Phi) is 5.20. The van der Waals surface area contributed by atoms with Crippen molar-refractivity contribution in [2.45, 2.75) is 26.2 Å². The molecule has 124 valence electrons. The fourth-order valence-corrected chi connectivity index (χ4v) is 2.54. The van der Waals surface area contributed by atoms with Gasteiger partial charge in [0.2, 0.25) is 5.91 Å². The summed E-state index contributed by atoms with van der Waals surface area (Å²) in [6.45, 7) is 1.91. The summed E-state index contributed by atoms with van der Waals surface area (Å²) >= 11 is 5.61. The number of pyridine rings is 1. The standard InChI is InChI=1S/C15H19ClN4O3/c1-4-9-8-17-13-11(12(9)18-10(21)6-5-7-16)14(22)20(3)15(23)19(13)2/h8H,4-7H2,1-3H3,(H,17,18,21). The van der Waals surface area contributed by atoms with E-state index in [0.717, 1.165) is 10.1 Å². The summed E-state index contributed by atoms with van der Waals surface area (Å²) < 4.78 is 2.31. The molecule has 2 aromatic heterocycles. The molecule has 1 amide bonds. The van der Waals surface area contributed by atoms with Crippen LogP contribution in [0.1, 0.15) is 25.3 Å². The second-order valence-corrected chi connectivity index (χ2v) is 5.64. The normalized spacial score (nSPS) is 11.0. The van der Waals surface area contributed by atoms with Crippen LogP contribution in [0.5, 0.6) is 0 Å². The van der Waals surface area contributed by atoms with Crippen LogP contribution in [0.15, 0.2) is 15.8 Å². The van der Waals surface area contributed by atoms with E-state index < -0.39 is 11.2 Å². The van der Waals surface area contributed by atoms with Gasteiger partial charge < -0.3 is 5.32 Å². The van der Waals surface area contributed by atoms with Crippen LogP contribution < -0.4 is 16.6 Å². The smallest absolute Gasteiger partial charge is 0.325 e. The van der Waals surface area contributed by atoms with E-state index in [1.807, 2.05) is 6.92 Å². The Balaban J connectivity index is 2.72. The third-order valence-corrected chi connectivity index (χ3v) is 4.00. The summed E-state index contributed by atoms with van der Waals surface area (Å²) in [5, 5.41) is 3.03. The van der Waals surface area contributed by atoms with Gasteiger partial charge >= 0.3 is 5.69 Å². The first-order chi connectivity index (χ1) is 10.9. The Morgan fingerprint density at radius 1 is 1.30 bits per heavy atom. The zero-order chi connectivity index (χ0) is 17.1. The maximum Gasteiger partial charge on any atom is 0.332 e. The molecular formula is C15H19ClN4O3. The third-order valence-electron chi connectivity index (χ3n) is 3.73. The predicted molar refractivity (Wildman–Crippen MR) is 90.2 cm³/mol. The Morgan fingerprint density at radius 3 is 2.61 bits per heavy atom. The highest BCUT2D eigenvalue weighted by Crippen LogP contribution is 2.23. The van der Waals surface area contributed by atoms with Gasteiger partial charge in [-0.3, -0.25) is 18.7 Å². The number of fused-ring (bicyclic) bond motifs is 1. The summed E-state index contributed by atoms with van der Waals surface area (Å²) in [4.78, 5) is 40.8. The molecule has 2 aromatic rings. The van der Waals surface area contributed by atoms with E-state index in [2.05, 4.69) is 10.3 Å². The van der Waals surface area contributed by atoms with Crippen molar-refractivity contribution in [3.8, 4) is 0 Å². The van der Waals surface area contributed by atoms with Gasteiger partial charge in [0, 0.05) is 32.6 Å². The van der Waals surface area contributed by atoms with Gasteiger partial charge in [0.25, 0.3) is 5.56 Å². The first-order valence-electron chi connectivity index (χ1n) is 7.35. The molecular weight excluding hydrogens is 320 g/mol. The average Bonchev–Trinajstić information content (AvgIpc) is 2.55. The van der Waals surface area contributed by atoms with Crippen molar-refractivity contribution in [1.82, 2.24) is 14.1 Å². The number of aryl methyl sites for hydroxylation is 2. The second-order valence-electron chi connectivity index (χ2n) is 5.26. The molecule has 23 heavy (non-hydrogen) atoms. The zero-order valence-corrected chi connectivity index (χ0v) is 14.1. The summed E-state index contributed by atoms with van der Waals surface area (Å²) in [5.41, 5.74) is 0.487. The van der Waals surface area contributed by atoms with Crippen molar-refractivity contribution in [2.24, 2.45) is 14.1 Å². The van der Waals surface area contributed by atoms with Crippen molar-refractivity contribution < 1.29 is 4.79 Å². The molecule has 0 radical (unpaired) electrons. The molecule has 1 N–H and O–H groups in total. The minimum atomic E-state index is -0.474. The Labute approximate surface area is 137 Å². The molecule has 0 aromatic carbocycles. The number of halogens is 1. The number of carbonyl (C=O) groups excluding carboxylic acids is 1. The molecule has 0 atom stereocenters. The molecule has 0 bridgehead atoms. The Morgan fingerprint density at radius 2 is 2.00 bits per heavy atom. The number of nitrogens with one attached hydrogen (secondary N) is 1. The SMILES string of the molecule is CCc1cnc2c(c1NC(=O)CCCCl)c(=O)n(C)c(=O)n2C. The Hall–Kier alpha value is -2.15. The molecule has 8 heteroatoms. The van der Waals surface area contributed by atoms with Gasteiger partial charge in [-0.05, 0) is 18.4 Å². The van der Waals surface area contributed by atoms with Gasteiger partial charge in [0.15, 0.2) is 5.65 Å². The van der Waals surface area contributed by atoms with Crippen LogP contribution in [0.4, 0.5) is 5.69 Å². The van der Waals surface area contributed by atoms with Crippen LogP contribution in [0.3, 0.4) is 0 Å². The monoisotopic (exact) mass is 338 g/mol. The number of rotatable bonds is 5. The van der Waals surface area contributed by atoms with E-state index in [4.69, 9.17) is 11.6 Å². The highest BCUT2D eigenvalue weighted by atomic mass is 35.5. The number of carbonyl (C=O) groups is 1. The quantitative estimate of drug-likeness (QED) is 0.829. The molecule has 0 aliphatic heterocycles. The molecule has 0 aliphatic carbocycles. The van der Waals surface area contributed by atoms with Crippen LogP contribution >= 0.6 is 11.6 Å². The number of hydrogen-bond donors (Lipinski definition) is 1. The van der Waals surface area contributed by atoms with E-state index in [1.165, 1.54) is 11.6 Å². The van der Waals surface area contributed by atoms with Crippen molar-refractivity contribution in [2.75, 3.05) is 11.2 Å². The van der Waals surface area contributed by atoms with Gasteiger partial charge in [-0.15, -0.1) is 11.6 Å². The number of amides is 1. The third kappa shape index (κ3) is 3.14. The van der Waals surface area contributed by atoms with Crippen molar-refractivity contribution >= 4 is 34.2 Å². The lowest BCUT2D eigenvalue weighted by Gasteiger charge is -2.14. The molecule has 0 spiro atoms. The van der Waals surface area contributed by atoms with Crippen LogP contribution in [0, 0.1) is 0 Å². The molecule has 0 aliphatic rings. The molecule has 0 saturated carbocycles. The fourth-order valence-electron chi connectivity index (χ4n) is 2.41. The summed E-state index contributed by atoms with van der Waals surface area (Å²) in [6.07, 6.45) is 3.00. The van der Waals surface area contributed by atoms with Gasteiger partial charge in [-0.25, -0.2) is 9.78 Å². The molecule has 0 saturated heterocycles. The van der Waals surface area contributed by atoms with E-state index in [1.54, 1.807) is 13.2 Å². The summed E-state index contributed by atoms with van der Waals surface area (Å²) in [7, 11) is 2.95. The number of hydrogen-bond acceptors (Lipinski definition) is 4. The molecule has 2 rings (SSSR count). The highest BCUT2D eigenvalue weighted by molar-refractivity contribution is 6.18. The number of aromatic nitrogens is 3. The molecule has 0 fully saturated rings. The summed E-state index contributed by atoms with van der Waals surface area (Å²) in [5.74, 6) is 0.172. The lowest BCUT2D eigenvalue weighted by atomic mass is 10.1. The van der Waals surface area contributed by atoms with E-state index in [9.17, 15) is 14.4 Å². The van der Waals surface area contributed by atoms with E-state index in [-0.39, 0.29) is 23.4 Å². The van der Waals surface area contributed by atoms with Crippen molar-refractivity contribution in [3.05, 3.63) is 32.6 Å². The van der Waals surface area contributed by atoms with Crippen molar-refractivity contribution in [1.29, 1.82) is 0 Å². The maximum absolute atomic E-state index is 12.5. The lowest BCUT2D eigenvalue weighted by Crippen LogP contribution is -2.38. The van der Waals surface area contributed by atoms with Gasteiger partial charge in [0.1, 0.15) is 5.39 Å². The van der Waals surface area contributed by atoms with Gasteiger partial charge in [0.05, 0.1) is 5.69 Å². The average molecular weight is 339 g/mol. The topological polar surface area (TPSA) is 86.0 Å². The van der Waals surface area contributed by atoms with E-state index in [0.29, 0.717) is 24.4 Å². The molecule has 0 unspecified atom stereocenters. The molecule has 7 nitrogen and oxygen atoms in total. The zero-order valence-electron chi connectivity index (χ0n) is 13.4. The van der Waals surface area contributed by atoms with Crippen LogP contribution in [-0.2, 0) is 25.3 Å². The second kappa shape index (κ2) is 6.95. The highest BCUT2D eigenvalue weighted by Gasteiger charge is 2.18. The maximum atomic E-state index is 12.5.